The molecule has 96 valence electrons. The summed E-state index contributed by atoms with van der Waals surface area (Å²) in [6.07, 6.45) is 8.64. The molecular formula is C13H20O4. The van der Waals surface area contributed by atoms with Crippen LogP contribution < -0.4 is 0 Å². The van der Waals surface area contributed by atoms with Crippen LogP contribution in [0.2, 0.25) is 0 Å². The van der Waals surface area contributed by atoms with Crippen molar-refractivity contribution in [2.24, 2.45) is 5.92 Å². The fraction of sp³-hybridized carbons (Fsp3) is 0.692. The van der Waals surface area contributed by atoms with Gasteiger partial charge < -0.3 is 10.2 Å². The molecule has 0 aromatic carbocycles. The SMILES string of the molecule is O=C(O)C/C=C(\CCC1CCCCC1)C(=O)O. The smallest absolute Gasteiger partial charge is 0.331 e. The summed E-state index contributed by atoms with van der Waals surface area (Å²) in [5.41, 5.74) is 0.248. The molecule has 0 aliphatic heterocycles. The van der Waals surface area contributed by atoms with E-state index < -0.39 is 11.9 Å². The summed E-state index contributed by atoms with van der Waals surface area (Å²) in [4.78, 5) is 21.3. The highest BCUT2D eigenvalue weighted by Gasteiger charge is 2.16. The Morgan fingerprint density at radius 2 is 1.76 bits per heavy atom. The Hall–Kier alpha value is -1.32. The Bertz CT molecular complexity index is 301. The highest BCUT2D eigenvalue weighted by atomic mass is 16.4. The van der Waals surface area contributed by atoms with Gasteiger partial charge in [0.05, 0.1) is 6.42 Å². The van der Waals surface area contributed by atoms with Gasteiger partial charge in [-0.05, 0) is 18.8 Å². The summed E-state index contributed by atoms with van der Waals surface area (Å²) in [6, 6.07) is 0. The van der Waals surface area contributed by atoms with E-state index in [2.05, 4.69) is 0 Å². The van der Waals surface area contributed by atoms with Crippen molar-refractivity contribution in [2.75, 3.05) is 0 Å². The molecule has 0 amide bonds. The number of rotatable bonds is 6. The van der Waals surface area contributed by atoms with E-state index in [4.69, 9.17) is 10.2 Å². The molecule has 0 bridgehead atoms. The molecule has 0 atom stereocenters. The minimum atomic E-state index is -0.985. The van der Waals surface area contributed by atoms with Crippen LogP contribution >= 0.6 is 0 Å². The summed E-state index contributed by atoms with van der Waals surface area (Å²) >= 11 is 0. The molecule has 17 heavy (non-hydrogen) atoms. The first kappa shape index (κ1) is 13.7. The normalized spacial score (nSPS) is 18.0. The van der Waals surface area contributed by atoms with E-state index in [1.807, 2.05) is 0 Å². The van der Waals surface area contributed by atoms with Crippen LogP contribution in [-0.4, -0.2) is 22.2 Å². The second kappa shape index (κ2) is 7.09. The first-order valence-corrected chi connectivity index (χ1v) is 6.23. The lowest BCUT2D eigenvalue weighted by Crippen LogP contribution is -2.09. The highest BCUT2D eigenvalue weighted by Crippen LogP contribution is 2.28. The second-order valence-corrected chi connectivity index (χ2v) is 4.68. The number of carbonyl (C=O) groups is 2. The van der Waals surface area contributed by atoms with E-state index in [-0.39, 0.29) is 12.0 Å². The third-order valence-electron chi connectivity index (χ3n) is 3.34. The summed E-state index contributed by atoms with van der Waals surface area (Å²) in [6.45, 7) is 0. The molecule has 0 aromatic heterocycles. The molecule has 1 aliphatic carbocycles. The van der Waals surface area contributed by atoms with Gasteiger partial charge in [-0.3, -0.25) is 4.79 Å². The Morgan fingerprint density at radius 3 is 2.29 bits per heavy atom. The lowest BCUT2D eigenvalue weighted by molar-refractivity contribution is -0.136. The Morgan fingerprint density at radius 1 is 1.12 bits per heavy atom. The molecular weight excluding hydrogens is 220 g/mol. The maximum Gasteiger partial charge on any atom is 0.331 e. The van der Waals surface area contributed by atoms with Gasteiger partial charge in [-0.1, -0.05) is 38.2 Å². The van der Waals surface area contributed by atoms with Gasteiger partial charge in [0, 0.05) is 5.57 Å². The Kier molecular flexibility index (Phi) is 5.73. The molecule has 4 nitrogen and oxygen atoms in total. The van der Waals surface area contributed by atoms with Crippen molar-refractivity contribution >= 4 is 11.9 Å². The summed E-state index contributed by atoms with van der Waals surface area (Å²) < 4.78 is 0. The predicted octanol–water partition coefficient (Wildman–Crippen LogP) is 2.83. The monoisotopic (exact) mass is 240 g/mol. The van der Waals surface area contributed by atoms with E-state index in [0.717, 1.165) is 6.42 Å². The molecule has 4 heteroatoms. The van der Waals surface area contributed by atoms with Crippen LogP contribution in [0, 0.1) is 5.92 Å². The van der Waals surface area contributed by atoms with Gasteiger partial charge >= 0.3 is 11.9 Å². The van der Waals surface area contributed by atoms with Gasteiger partial charge in [0.25, 0.3) is 0 Å². The van der Waals surface area contributed by atoms with Crippen LogP contribution in [0.3, 0.4) is 0 Å². The van der Waals surface area contributed by atoms with Crippen molar-refractivity contribution in [3.63, 3.8) is 0 Å². The van der Waals surface area contributed by atoms with Gasteiger partial charge in [0.2, 0.25) is 0 Å². The minimum Gasteiger partial charge on any atom is -0.481 e. The molecule has 2 N–H and O–H groups in total. The lowest BCUT2D eigenvalue weighted by atomic mass is 9.85. The van der Waals surface area contributed by atoms with Crippen LogP contribution in [-0.2, 0) is 9.59 Å². The van der Waals surface area contributed by atoms with Crippen molar-refractivity contribution in [1.29, 1.82) is 0 Å². The molecule has 1 rings (SSSR count). The van der Waals surface area contributed by atoms with Gasteiger partial charge in [0.1, 0.15) is 0 Å². The summed E-state index contributed by atoms with van der Waals surface area (Å²) in [7, 11) is 0. The van der Waals surface area contributed by atoms with Gasteiger partial charge in [-0.15, -0.1) is 0 Å². The van der Waals surface area contributed by atoms with Crippen LogP contribution in [0.5, 0.6) is 0 Å². The molecule has 0 unspecified atom stereocenters. The number of carboxylic acids is 2. The van der Waals surface area contributed by atoms with Crippen LogP contribution in [0.1, 0.15) is 51.4 Å². The molecule has 0 radical (unpaired) electrons. The third-order valence-corrected chi connectivity index (χ3v) is 3.34. The van der Waals surface area contributed by atoms with Gasteiger partial charge in [-0.2, -0.15) is 0 Å². The Balaban J connectivity index is 2.40. The van der Waals surface area contributed by atoms with Crippen molar-refractivity contribution < 1.29 is 19.8 Å². The summed E-state index contributed by atoms with van der Waals surface area (Å²) in [5, 5.41) is 17.5. The minimum absolute atomic E-state index is 0.202. The number of aliphatic carboxylic acids is 2. The van der Waals surface area contributed by atoms with Crippen LogP contribution in [0.4, 0.5) is 0 Å². The van der Waals surface area contributed by atoms with Gasteiger partial charge in [0.15, 0.2) is 0 Å². The predicted molar refractivity (Wildman–Crippen MR) is 63.8 cm³/mol. The summed E-state index contributed by atoms with van der Waals surface area (Å²) in [5.74, 6) is -1.35. The standard InChI is InChI=1S/C13H20O4/c14-12(15)9-8-11(13(16)17)7-6-10-4-2-1-3-5-10/h8,10H,1-7,9H2,(H,14,15)(H,16,17)/b11-8+. The molecule has 0 spiro atoms. The van der Waals surface area contributed by atoms with E-state index >= 15 is 0 Å². The molecule has 1 saturated carbocycles. The molecule has 1 aliphatic rings. The zero-order chi connectivity index (χ0) is 12.7. The average molecular weight is 240 g/mol. The van der Waals surface area contributed by atoms with Crippen molar-refractivity contribution in [3.05, 3.63) is 11.6 Å². The molecule has 1 fully saturated rings. The molecule has 0 aromatic rings. The number of carboxylic acid groups (broad SMARTS) is 2. The highest BCUT2D eigenvalue weighted by molar-refractivity contribution is 5.87. The lowest BCUT2D eigenvalue weighted by Gasteiger charge is -2.21. The zero-order valence-corrected chi connectivity index (χ0v) is 10.0. The fourth-order valence-corrected chi connectivity index (χ4v) is 2.34. The second-order valence-electron chi connectivity index (χ2n) is 4.68. The van der Waals surface area contributed by atoms with E-state index in [9.17, 15) is 9.59 Å². The maximum atomic E-state index is 10.9. The zero-order valence-electron chi connectivity index (χ0n) is 10.0. The molecule has 0 saturated heterocycles. The first-order valence-electron chi connectivity index (χ1n) is 6.23. The number of hydrogen-bond donors (Lipinski definition) is 2. The van der Waals surface area contributed by atoms with Crippen LogP contribution in [0.25, 0.3) is 0 Å². The van der Waals surface area contributed by atoms with E-state index in [1.165, 1.54) is 38.2 Å². The quantitative estimate of drug-likeness (QED) is 0.700. The van der Waals surface area contributed by atoms with E-state index in [0.29, 0.717) is 12.3 Å². The average Bonchev–Trinajstić information content (AvgIpc) is 2.29. The van der Waals surface area contributed by atoms with Crippen molar-refractivity contribution in [1.82, 2.24) is 0 Å². The topological polar surface area (TPSA) is 74.6 Å². The first-order chi connectivity index (χ1) is 8.09. The Labute approximate surface area is 101 Å². The third kappa shape index (κ3) is 5.52. The van der Waals surface area contributed by atoms with Crippen molar-refractivity contribution in [3.8, 4) is 0 Å². The van der Waals surface area contributed by atoms with Crippen molar-refractivity contribution in [2.45, 2.75) is 51.4 Å². The maximum absolute atomic E-state index is 10.9. The molecule has 0 heterocycles. The largest absolute Gasteiger partial charge is 0.481 e. The van der Waals surface area contributed by atoms with Gasteiger partial charge in [-0.25, -0.2) is 4.79 Å². The van der Waals surface area contributed by atoms with E-state index in [1.54, 1.807) is 0 Å². The van der Waals surface area contributed by atoms with Crippen LogP contribution in [0.15, 0.2) is 11.6 Å². The number of hydrogen-bond acceptors (Lipinski definition) is 2. The fourth-order valence-electron chi connectivity index (χ4n) is 2.34.